The molecule has 168 valence electrons. The Kier molecular flexibility index (Phi) is 6.30. The van der Waals surface area contributed by atoms with Crippen LogP contribution in [0.3, 0.4) is 0 Å². The summed E-state index contributed by atoms with van der Waals surface area (Å²) in [7, 11) is 0. The number of morpholine rings is 1. The summed E-state index contributed by atoms with van der Waals surface area (Å²) in [5, 5.41) is 6.35. The van der Waals surface area contributed by atoms with E-state index >= 15 is 0 Å². The first kappa shape index (κ1) is 21.5. The van der Waals surface area contributed by atoms with Gasteiger partial charge in [0.25, 0.3) is 0 Å². The monoisotopic (exact) mass is 459 g/mol. The van der Waals surface area contributed by atoms with E-state index in [1.807, 2.05) is 48.5 Å². The van der Waals surface area contributed by atoms with E-state index in [1.54, 1.807) is 11.3 Å². The molecule has 7 nitrogen and oxygen atoms in total. The van der Waals surface area contributed by atoms with E-state index in [1.165, 1.54) is 0 Å². The molecule has 4 aromatic rings. The standard InChI is InChI=1S/C25H25N5O2S/c26-23(31)22(18-9-5-2-6-10-18)29-24-21-19(17-7-3-1-4-8-17)16-33-25(21)28-20(27-24)15-30-11-13-32-14-12-30/h1-10,16,22H,11-15H2,(H2,26,31)(H,27,28,29). The summed E-state index contributed by atoms with van der Waals surface area (Å²) in [6, 6.07) is 18.9. The highest BCUT2D eigenvalue weighted by molar-refractivity contribution is 7.17. The zero-order valence-electron chi connectivity index (χ0n) is 18.1. The van der Waals surface area contributed by atoms with Crippen molar-refractivity contribution in [3.63, 3.8) is 0 Å². The molecule has 3 heterocycles. The van der Waals surface area contributed by atoms with Gasteiger partial charge in [-0.05, 0) is 11.1 Å². The van der Waals surface area contributed by atoms with Gasteiger partial charge in [-0.3, -0.25) is 9.69 Å². The number of primary amides is 1. The summed E-state index contributed by atoms with van der Waals surface area (Å²) in [5.41, 5.74) is 8.71. The molecule has 0 spiro atoms. The predicted molar refractivity (Wildman–Crippen MR) is 131 cm³/mol. The molecular formula is C25H25N5O2S. The average molecular weight is 460 g/mol. The first-order valence-electron chi connectivity index (χ1n) is 10.9. The lowest BCUT2D eigenvalue weighted by molar-refractivity contribution is -0.118. The number of carbonyl (C=O) groups is 1. The minimum atomic E-state index is -0.705. The molecular weight excluding hydrogens is 434 g/mol. The normalized spacial score (nSPS) is 15.4. The van der Waals surface area contributed by atoms with Crippen LogP contribution in [0.15, 0.2) is 66.0 Å². The maximum atomic E-state index is 12.4. The highest BCUT2D eigenvalue weighted by Gasteiger charge is 2.23. The van der Waals surface area contributed by atoms with Crippen LogP contribution in [0.1, 0.15) is 17.4 Å². The number of rotatable bonds is 7. The molecule has 33 heavy (non-hydrogen) atoms. The molecule has 1 amide bonds. The van der Waals surface area contributed by atoms with Crippen molar-refractivity contribution < 1.29 is 9.53 Å². The van der Waals surface area contributed by atoms with E-state index < -0.39 is 11.9 Å². The Morgan fingerprint density at radius 3 is 2.45 bits per heavy atom. The average Bonchev–Trinajstić information content (AvgIpc) is 3.28. The van der Waals surface area contributed by atoms with Crippen molar-refractivity contribution in [2.75, 3.05) is 31.6 Å². The smallest absolute Gasteiger partial charge is 0.244 e. The summed E-state index contributed by atoms with van der Waals surface area (Å²) in [6.07, 6.45) is 0. The summed E-state index contributed by atoms with van der Waals surface area (Å²) in [4.78, 5) is 25.4. The molecule has 0 aliphatic carbocycles. The lowest BCUT2D eigenvalue weighted by atomic mass is 10.0. The summed E-state index contributed by atoms with van der Waals surface area (Å²) in [5.74, 6) is 0.875. The Morgan fingerprint density at radius 1 is 1.06 bits per heavy atom. The molecule has 1 fully saturated rings. The quantitative estimate of drug-likeness (QED) is 0.436. The Hall–Kier alpha value is -3.33. The molecule has 5 rings (SSSR count). The Bertz CT molecular complexity index is 1240. The first-order chi connectivity index (χ1) is 16.2. The molecule has 2 aromatic carbocycles. The number of thiophene rings is 1. The second-order valence-electron chi connectivity index (χ2n) is 7.96. The maximum absolute atomic E-state index is 12.4. The van der Waals surface area contributed by atoms with Crippen molar-refractivity contribution in [1.29, 1.82) is 0 Å². The number of ether oxygens (including phenoxy) is 1. The second kappa shape index (κ2) is 9.66. The van der Waals surface area contributed by atoms with E-state index in [2.05, 4.69) is 27.7 Å². The largest absolute Gasteiger partial charge is 0.379 e. The van der Waals surface area contributed by atoms with Crippen molar-refractivity contribution in [3.05, 3.63) is 77.4 Å². The van der Waals surface area contributed by atoms with Crippen molar-refractivity contribution in [2.45, 2.75) is 12.6 Å². The molecule has 8 heteroatoms. The molecule has 0 saturated carbocycles. The van der Waals surface area contributed by atoms with Crippen LogP contribution in [0.5, 0.6) is 0 Å². The number of nitrogens with zero attached hydrogens (tertiary/aromatic N) is 3. The minimum Gasteiger partial charge on any atom is -0.379 e. The van der Waals surface area contributed by atoms with Crippen LogP contribution in [0.25, 0.3) is 21.3 Å². The van der Waals surface area contributed by atoms with Crippen LogP contribution in [0.4, 0.5) is 5.82 Å². The van der Waals surface area contributed by atoms with Gasteiger partial charge in [-0.1, -0.05) is 60.7 Å². The molecule has 1 aliphatic heterocycles. The van der Waals surface area contributed by atoms with Crippen molar-refractivity contribution in [2.24, 2.45) is 5.73 Å². The lowest BCUT2D eigenvalue weighted by Crippen LogP contribution is -2.36. The molecule has 1 saturated heterocycles. The third-order valence-electron chi connectivity index (χ3n) is 5.73. The fourth-order valence-electron chi connectivity index (χ4n) is 4.05. The number of anilines is 1. The van der Waals surface area contributed by atoms with Gasteiger partial charge < -0.3 is 15.8 Å². The number of aromatic nitrogens is 2. The zero-order valence-corrected chi connectivity index (χ0v) is 18.9. The van der Waals surface area contributed by atoms with E-state index in [-0.39, 0.29) is 0 Å². The lowest BCUT2D eigenvalue weighted by Gasteiger charge is -2.26. The van der Waals surface area contributed by atoms with Gasteiger partial charge in [0.1, 0.15) is 22.5 Å². The van der Waals surface area contributed by atoms with Crippen LogP contribution < -0.4 is 11.1 Å². The van der Waals surface area contributed by atoms with Crippen molar-refractivity contribution in [1.82, 2.24) is 14.9 Å². The van der Waals surface area contributed by atoms with Crippen LogP contribution in [0, 0.1) is 0 Å². The van der Waals surface area contributed by atoms with Gasteiger partial charge in [0, 0.05) is 24.0 Å². The number of carbonyl (C=O) groups excluding carboxylic acids is 1. The Balaban J connectivity index is 1.59. The fraction of sp³-hybridized carbons (Fsp3) is 0.240. The Morgan fingerprint density at radius 2 is 1.76 bits per heavy atom. The van der Waals surface area contributed by atoms with E-state index in [0.717, 1.165) is 40.0 Å². The number of nitrogens with one attached hydrogen (secondary N) is 1. The van der Waals surface area contributed by atoms with Crippen LogP contribution in [-0.2, 0) is 16.1 Å². The highest BCUT2D eigenvalue weighted by atomic mass is 32.1. The molecule has 1 atom stereocenters. The molecule has 1 unspecified atom stereocenters. The zero-order chi connectivity index (χ0) is 22.6. The summed E-state index contributed by atoms with van der Waals surface area (Å²) < 4.78 is 5.47. The number of amides is 1. The molecule has 0 radical (unpaired) electrons. The van der Waals surface area contributed by atoms with Crippen LogP contribution in [0.2, 0.25) is 0 Å². The molecule has 1 aliphatic rings. The second-order valence-corrected chi connectivity index (χ2v) is 8.82. The third-order valence-corrected chi connectivity index (χ3v) is 6.60. The van der Waals surface area contributed by atoms with Gasteiger partial charge in [0.15, 0.2) is 0 Å². The molecule has 2 aromatic heterocycles. The SMILES string of the molecule is NC(=O)C(Nc1nc(CN2CCOCC2)nc2scc(-c3ccccc3)c12)c1ccccc1. The van der Waals surface area contributed by atoms with Gasteiger partial charge in [0.2, 0.25) is 5.91 Å². The first-order valence-corrected chi connectivity index (χ1v) is 11.8. The van der Waals surface area contributed by atoms with Gasteiger partial charge in [-0.2, -0.15) is 0 Å². The fourth-order valence-corrected chi connectivity index (χ4v) is 5.02. The van der Waals surface area contributed by atoms with Gasteiger partial charge in [-0.25, -0.2) is 9.97 Å². The molecule has 0 bridgehead atoms. The number of benzene rings is 2. The number of hydrogen-bond donors (Lipinski definition) is 2. The van der Waals surface area contributed by atoms with Crippen molar-refractivity contribution >= 4 is 33.3 Å². The number of fused-ring (bicyclic) bond motifs is 1. The van der Waals surface area contributed by atoms with E-state index in [4.69, 9.17) is 20.4 Å². The minimum absolute atomic E-state index is 0.459. The van der Waals surface area contributed by atoms with Crippen molar-refractivity contribution in [3.8, 4) is 11.1 Å². The van der Waals surface area contributed by atoms with Gasteiger partial charge in [-0.15, -0.1) is 11.3 Å². The predicted octanol–water partition coefficient (Wildman–Crippen LogP) is 3.83. The van der Waals surface area contributed by atoms with E-state index in [9.17, 15) is 4.79 Å². The topological polar surface area (TPSA) is 93.4 Å². The highest BCUT2D eigenvalue weighted by Crippen LogP contribution is 2.38. The maximum Gasteiger partial charge on any atom is 0.244 e. The van der Waals surface area contributed by atoms with Crippen LogP contribution >= 0.6 is 11.3 Å². The number of nitrogens with two attached hydrogens (primary N) is 1. The molecule has 3 N–H and O–H groups in total. The van der Waals surface area contributed by atoms with Gasteiger partial charge >= 0.3 is 0 Å². The van der Waals surface area contributed by atoms with E-state index in [0.29, 0.717) is 31.4 Å². The van der Waals surface area contributed by atoms with Crippen LogP contribution in [-0.4, -0.2) is 47.1 Å². The summed E-state index contributed by atoms with van der Waals surface area (Å²) >= 11 is 1.58. The summed E-state index contributed by atoms with van der Waals surface area (Å²) in [6.45, 7) is 3.74. The number of hydrogen-bond acceptors (Lipinski definition) is 7. The van der Waals surface area contributed by atoms with Gasteiger partial charge in [0.05, 0.1) is 25.1 Å². The third kappa shape index (κ3) is 4.73. The Labute approximate surface area is 196 Å².